The quantitative estimate of drug-likeness (QED) is 0.615. The van der Waals surface area contributed by atoms with Gasteiger partial charge in [-0.05, 0) is 42.3 Å². The Morgan fingerprint density at radius 3 is 2.58 bits per heavy atom. The summed E-state index contributed by atoms with van der Waals surface area (Å²) in [4.78, 5) is 18.5. The van der Waals surface area contributed by atoms with Crippen LogP contribution in [0.25, 0.3) is 11.4 Å². The van der Waals surface area contributed by atoms with Gasteiger partial charge in [0.15, 0.2) is 0 Å². The Hall–Kier alpha value is -3.73. The average Bonchev–Trinajstić information content (AvgIpc) is 3.15. The SMILES string of the molecule is N#Cc1ccc(N2CCCN(C(=O)CCCn3nnc(-c4ccccc4)n3)CC2)cc1. The molecule has 1 aliphatic rings. The molecule has 1 fully saturated rings. The van der Waals surface area contributed by atoms with E-state index >= 15 is 0 Å². The molecular formula is C23H25N7O. The summed E-state index contributed by atoms with van der Waals surface area (Å²) >= 11 is 0. The molecule has 1 amide bonds. The van der Waals surface area contributed by atoms with E-state index in [1.54, 1.807) is 4.80 Å². The maximum Gasteiger partial charge on any atom is 0.222 e. The smallest absolute Gasteiger partial charge is 0.222 e. The van der Waals surface area contributed by atoms with Gasteiger partial charge in [-0.25, -0.2) is 0 Å². The largest absolute Gasteiger partial charge is 0.370 e. The van der Waals surface area contributed by atoms with E-state index < -0.39 is 0 Å². The molecule has 2 heterocycles. The molecule has 0 N–H and O–H groups in total. The summed E-state index contributed by atoms with van der Waals surface area (Å²) in [6, 6.07) is 19.5. The van der Waals surface area contributed by atoms with Crippen molar-refractivity contribution in [2.45, 2.75) is 25.8 Å². The number of aryl methyl sites for hydroxylation is 1. The Morgan fingerprint density at radius 2 is 1.81 bits per heavy atom. The van der Waals surface area contributed by atoms with Crippen molar-refractivity contribution in [1.29, 1.82) is 5.26 Å². The fourth-order valence-electron chi connectivity index (χ4n) is 3.74. The minimum Gasteiger partial charge on any atom is -0.370 e. The zero-order valence-corrected chi connectivity index (χ0v) is 17.4. The lowest BCUT2D eigenvalue weighted by Crippen LogP contribution is -2.35. The van der Waals surface area contributed by atoms with Crippen molar-refractivity contribution in [1.82, 2.24) is 25.1 Å². The Kier molecular flexibility index (Phi) is 6.53. The molecule has 0 aliphatic carbocycles. The molecule has 0 saturated carbocycles. The molecule has 158 valence electrons. The van der Waals surface area contributed by atoms with Gasteiger partial charge >= 0.3 is 0 Å². The Labute approximate surface area is 181 Å². The molecule has 0 radical (unpaired) electrons. The number of hydrogen-bond donors (Lipinski definition) is 0. The van der Waals surface area contributed by atoms with Gasteiger partial charge < -0.3 is 9.80 Å². The molecule has 1 saturated heterocycles. The molecule has 1 aromatic heterocycles. The highest BCUT2D eigenvalue weighted by molar-refractivity contribution is 5.76. The number of hydrogen-bond acceptors (Lipinski definition) is 6. The van der Waals surface area contributed by atoms with Crippen molar-refractivity contribution < 1.29 is 4.79 Å². The van der Waals surface area contributed by atoms with Crippen LogP contribution in [0.4, 0.5) is 5.69 Å². The van der Waals surface area contributed by atoms with E-state index in [4.69, 9.17) is 5.26 Å². The lowest BCUT2D eigenvalue weighted by Gasteiger charge is -2.23. The first-order chi connectivity index (χ1) is 15.2. The van der Waals surface area contributed by atoms with E-state index in [1.807, 2.05) is 59.5 Å². The highest BCUT2D eigenvalue weighted by Crippen LogP contribution is 2.18. The fourth-order valence-corrected chi connectivity index (χ4v) is 3.74. The van der Waals surface area contributed by atoms with Gasteiger partial charge in [0, 0.05) is 43.9 Å². The van der Waals surface area contributed by atoms with Crippen molar-refractivity contribution in [3.05, 3.63) is 60.2 Å². The topological polar surface area (TPSA) is 90.9 Å². The minimum atomic E-state index is 0.171. The Morgan fingerprint density at radius 1 is 1.00 bits per heavy atom. The van der Waals surface area contributed by atoms with Gasteiger partial charge in [0.25, 0.3) is 0 Å². The van der Waals surface area contributed by atoms with E-state index in [0.717, 1.165) is 37.3 Å². The highest BCUT2D eigenvalue weighted by atomic mass is 16.2. The number of nitrogens with zero attached hydrogens (tertiary/aromatic N) is 7. The van der Waals surface area contributed by atoms with Gasteiger partial charge in [-0.2, -0.15) is 10.1 Å². The lowest BCUT2D eigenvalue weighted by atomic mass is 10.2. The van der Waals surface area contributed by atoms with Crippen molar-refractivity contribution in [3.63, 3.8) is 0 Å². The van der Waals surface area contributed by atoms with Gasteiger partial charge in [0.2, 0.25) is 11.7 Å². The summed E-state index contributed by atoms with van der Waals surface area (Å²) in [6.45, 7) is 3.74. The van der Waals surface area contributed by atoms with E-state index in [2.05, 4.69) is 26.4 Å². The van der Waals surface area contributed by atoms with Gasteiger partial charge in [-0.1, -0.05) is 30.3 Å². The van der Waals surface area contributed by atoms with Crippen LogP contribution >= 0.6 is 0 Å². The number of aromatic nitrogens is 4. The zero-order valence-electron chi connectivity index (χ0n) is 17.4. The number of nitriles is 1. The molecule has 31 heavy (non-hydrogen) atoms. The highest BCUT2D eigenvalue weighted by Gasteiger charge is 2.19. The predicted octanol–water partition coefficient (Wildman–Crippen LogP) is 2.73. The number of rotatable bonds is 6. The summed E-state index contributed by atoms with van der Waals surface area (Å²) < 4.78 is 0. The standard InChI is InChI=1S/C23H25N7O/c24-18-19-9-11-21(12-10-19)28-13-5-14-29(17-16-28)22(31)8-4-15-30-26-23(25-27-30)20-6-2-1-3-7-20/h1-3,6-7,9-12H,4-5,8,13-17H2. The minimum absolute atomic E-state index is 0.171. The van der Waals surface area contributed by atoms with E-state index in [0.29, 0.717) is 37.3 Å². The number of amides is 1. The summed E-state index contributed by atoms with van der Waals surface area (Å²) in [5.74, 6) is 0.771. The molecule has 8 heteroatoms. The van der Waals surface area contributed by atoms with Crippen LogP contribution in [0.5, 0.6) is 0 Å². The third-order valence-electron chi connectivity index (χ3n) is 5.44. The fraction of sp³-hybridized carbons (Fsp3) is 0.348. The Balaban J connectivity index is 1.25. The first-order valence-corrected chi connectivity index (χ1v) is 10.6. The van der Waals surface area contributed by atoms with Crippen LogP contribution in [-0.4, -0.2) is 57.2 Å². The number of carbonyl (C=O) groups is 1. The molecule has 0 atom stereocenters. The van der Waals surface area contributed by atoms with Crippen LogP contribution in [0.15, 0.2) is 54.6 Å². The van der Waals surface area contributed by atoms with E-state index in [1.165, 1.54) is 0 Å². The molecule has 2 aromatic carbocycles. The average molecular weight is 416 g/mol. The van der Waals surface area contributed by atoms with Gasteiger partial charge in [0.1, 0.15) is 0 Å². The molecule has 8 nitrogen and oxygen atoms in total. The van der Waals surface area contributed by atoms with Gasteiger partial charge in [-0.15, -0.1) is 10.2 Å². The summed E-state index contributed by atoms with van der Waals surface area (Å²) in [7, 11) is 0. The molecule has 3 aromatic rings. The van der Waals surface area contributed by atoms with Crippen LogP contribution < -0.4 is 4.90 Å². The predicted molar refractivity (Wildman–Crippen MR) is 117 cm³/mol. The lowest BCUT2D eigenvalue weighted by molar-refractivity contribution is -0.131. The third-order valence-corrected chi connectivity index (χ3v) is 5.44. The molecular weight excluding hydrogens is 390 g/mol. The van der Waals surface area contributed by atoms with Gasteiger partial charge in [-0.3, -0.25) is 4.79 Å². The number of tetrazole rings is 1. The van der Waals surface area contributed by atoms with Crippen molar-refractivity contribution >= 4 is 11.6 Å². The summed E-state index contributed by atoms with van der Waals surface area (Å²) in [5, 5.41) is 21.6. The third kappa shape index (κ3) is 5.25. The van der Waals surface area contributed by atoms with Gasteiger partial charge in [0.05, 0.1) is 18.2 Å². The first kappa shape index (κ1) is 20.5. The van der Waals surface area contributed by atoms with Crippen LogP contribution in [0, 0.1) is 11.3 Å². The van der Waals surface area contributed by atoms with Crippen LogP contribution in [-0.2, 0) is 11.3 Å². The summed E-state index contributed by atoms with van der Waals surface area (Å²) in [5.41, 5.74) is 2.69. The summed E-state index contributed by atoms with van der Waals surface area (Å²) in [6.07, 6.45) is 2.08. The second kappa shape index (κ2) is 9.85. The second-order valence-electron chi connectivity index (χ2n) is 7.56. The number of anilines is 1. The Bertz CT molecular complexity index is 1040. The van der Waals surface area contributed by atoms with Crippen molar-refractivity contribution in [2.24, 2.45) is 0 Å². The number of carbonyl (C=O) groups excluding carboxylic acids is 1. The second-order valence-corrected chi connectivity index (χ2v) is 7.56. The molecule has 0 unspecified atom stereocenters. The molecule has 1 aliphatic heterocycles. The normalized spacial score (nSPS) is 14.2. The van der Waals surface area contributed by atoms with E-state index in [9.17, 15) is 4.79 Å². The number of benzene rings is 2. The van der Waals surface area contributed by atoms with Crippen LogP contribution in [0.2, 0.25) is 0 Å². The molecule has 4 rings (SSSR count). The monoisotopic (exact) mass is 415 g/mol. The van der Waals surface area contributed by atoms with Crippen LogP contribution in [0.1, 0.15) is 24.8 Å². The van der Waals surface area contributed by atoms with Crippen molar-refractivity contribution in [3.8, 4) is 17.5 Å². The van der Waals surface area contributed by atoms with E-state index in [-0.39, 0.29) is 5.91 Å². The molecule has 0 bridgehead atoms. The molecule has 0 spiro atoms. The first-order valence-electron chi connectivity index (χ1n) is 10.6. The van der Waals surface area contributed by atoms with Crippen LogP contribution in [0.3, 0.4) is 0 Å². The zero-order chi connectivity index (χ0) is 21.5. The van der Waals surface area contributed by atoms with Crippen molar-refractivity contribution in [2.75, 3.05) is 31.1 Å². The maximum absolute atomic E-state index is 12.7. The maximum atomic E-state index is 12.7.